The molecule has 21 heavy (non-hydrogen) atoms. The van der Waals surface area contributed by atoms with Gasteiger partial charge < -0.3 is 4.74 Å². The SMILES string of the molecule is CCc1c(C)nn(C(=O)COc2cccc(C)c2C)c1C. The van der Waals surface area contributed by atoms with Gasteiger partial charge in [0.05, 0.1) is 5.69 Å². The molecule has 0 aliphatic rings. The van der Waals surface area contributed by atoms with Crippen LogP contribution in [0.4, 0.5) is 0 Å². The van der Waals surface area contributed by atoms with Gasteiger partial charge in [0.15, 0.2) is 6.61 Å². The smallest absolute Gasteiger partial charge is 0.284 e. The van der Waals surface area contributed by atoms with Gasteiger partial charge in [-0.15, -0.1) is 0 Å². The van der Waals surface area contributed by atoms with Crippen molar-refractivity contribution >= 4 is 5.91 Å². The Morgan fingerprint density at radius 1 is 1.24 bits per heavy atom. The van der Waals surface area contributed by atoms with Crippen LogP contribution in [0.1, 0.15) is 39.8 Å². The molecule has 4 heteroatoms. The van der Waals surface area contributed by atoms with Crippen LogP contribution in [0.25, 0.3) is 0 Å². The van der Waals surface area contributed by atoms with Crippen LogP contribution < -0.4 is 4.74 Å². The molecular weight excluding hydrogens is 264 g/mol. The summed E-state index contributed by atoms with van der Waals surface area (Å²) in [5.41, 5.74) is 5.17. The van der Waals surface area contributed by atoms with Crippen LogP contribution in [0, 0.1) is 27.7 Å². The van der Waals surface area contributed by atoms with Crippen LogP contribution in [0.5, 0.6) is 5.75 Å². The van der Waals surface area contributed by atoms with Gasteiger partial charge in [-0.2, -0.15) is 5.10 Å². The lowest BCUT2D eigenvalue weighted by molar-refractivity contribution is 0.0817. The minimum Gasteiger partial charge on any atom is -0.483 e. The van der Waals surface area contributed by atoms with Crippen molar-refractivity contribution in [3.05, 3.63) is 46.3 Å². The van der Waals surface area contributed by atoms with E-state index in [2.05, 4.69) is 12.0 Å². The van der Waals surface area contributed by atoms with Crippen LogP contribution in [0.15, 0.2) is 18.2 Å². The van der Waals surface area contributed by atoms with Gasteiger partial charge in [0.25, 0.3) is 5.91 Å². The Morgan fingerprint density at radius 3 is 2.57 bits per heavy atom. The molecule has 0 amide bonds. The minimum atomic E-state index is -0.142. The summed E-state index contributed by atoms with van der Waals surface area (Å²) in [5.74, 6) is 0.608. The van der Waals surface area contributed by atoms with Gasteiger partial charge in [0, 0.05) is 5.69 Å². The number of hydrogen-bond donors (Lipinski definition) is 0. The largest absolute Gasteiger partial charge is 0.483 e. The Morgan fingerprint density at radius 2 is 1.95 bits per heavy atom. The van der Waals surface area contributed by atoms with Crippen molar-refractivity contribution in [3.8, 4) is 5.75 Å². The van der Waals surface area contributed by atoms with Crippen molar-refractivity contribution in [3.63, 3.8) is 0 Å². The maximum Gasteiger partial charge on any atom is 0.284 e. The van der Waals surface area contributed by atoms with Crippen LogP contribution in [-0.2, 0) is 6.42 Å². The van der Waals surface area contributed by atoms with Crippen LogP contribution >= 0.6 is 0 Å². The maximum atomic E-state index is 12.3. The molecule has 0 saturated heterocycles. The zero-order chi connectivity index (χ0) is 15.6. The molecule has 1 aromatic heterocycles. The van der Waals surface area contributed by atoms with Crippen LogP contribution in [0.3, 0.4) is 0 Å². The molecule has 0 unspecified atom stereocenters. The van der Waals surface area contributed by atoms with Crippen LogP contribution in [-0.4, -0.2) is 22.3 Å². The molecule has 0 N–H and O–H groups in total. The van der Waals surface area contributed by atoms with E-state index in [0.717, 1.165) is 40.2 Å². The summed E-state index contributed by atoms with van der Waals surface area (Å²) in [5, 5.41) is 4.32. The Hall–Kier alpha value is -2.10. The van der Waals surface area contributed by atoms with E-state index < -0.39 is 0 Å². The van der Waals surface area contributed by atoms with Gasteiger partial charge in [0.1, 0.15) is 5.75 Å². The topological polar surface area (TPSA) is 44.1 Å². The van der Waals surface area contributed by atoms with E-state index in [1.165, 1.54) is 4.68 Å². The standard InChI is InChI=1S/C17H22N2O2/c1-6-15-13(4)18-19(14(15)5)17(20)10-21-16-9-7-8-11(2)12(16)3/h7-9H,6,10H2,1-5H3. The number of carbonyl (C=O) groups is 1. The minimum absolute atomic E-state index is 0.00456. The number of aromatic nitrogens is 2. The molecule has 1 heterocycles. The second-order valence-electron chi connectivity index (χ2n) is 5.30. The average Bonchev–Trinajstić information content (AvgIpc) is 2.75. The fourth-order valence-electron chi connectivity index (χ4n) is 2.51. The highest BCUT2D eigenvalue weighted by atomic mass is 16.5. The third-order valence-corrected chi connectivity index (χ3v) is 3.94. The van der Waals surface area contributed by atoms with Crippen LogP contribution in [0.2, 0.25) is 0 Å². The van der Waals surface area contributed by atoms with Crippen molar-refractivity contribution < 1.29 is 9.53 Å². The Bertz CT molecular complexity index is 672. The van der Waals surface area contributed by atoms with E-state index in [4.69, 9.17) is 4.74 Å². The molecule has 0 spiro atoms. The molecule has 0 fully saturated rings. The number of hydrogen-bond acceptors (Lipinski definition) is 3. The number of benzene rings is 1. The molecule has 1 aromatic carbocycles. The van der Waals surface area contributed by atoms with Crippen molar-refractivity contribution in [2.75, 3.05) is 6.61 Å². The third-order valence-electron chi connectivity index (χ3n) is 3.94. The van der Waals surface area contributed by atoms with Gasteiger partial charge >= 0.3 is 0 Å². The average molecular weight is 286 g/mol. The zero-order valence-electron chi connectivity index (χ0n) is 13.4. The lowest BCUT2D eigenvalue weighted by Gasteiger charge is -2.10. The molecule has 0 atom stereocenters. The quantitative estimate of drug-likeness (QED) is 0.865. The zero-order valence-corrected chi connectivity index (χ0v) is 13.4. The van der Waals surface area contributed by atoms with Crippen molar-refractivity contribution in [2.24, 2.45) is 0 Å². The first kappa shape index (κ1) is 15.3. The highest BCUT2D eigenvalue weighted by Crippen LogP contribution is 2.20. The Kier molecular flexibility index (Phi) is 4.46. The second-order valence-corrected chi connectivity index (χ2v) is 5.30. The summed E-state index contributed by atoms with van der Waals surface area (Å²) in [6.45, 7) is 9.94. The first-order valence-electron chi connectivity index (χ1n) is 7.23. The number of nitrogens with zero attached hydrogens (tertiary/aromatic N) is 2. The van der Waals surface area contributed by atoms with E-state index in [-0.39, 0.29) is 12.5 Å². The summed E-state index contributed by atoms with van der Waals surface area (Å²) in [7, 11) is 0. The molecule has 0 saturated carbocycles. The first-order chi connectivity index (χ1) is 9.95. The Labute approximate surface area is 125 Å². The van der Waals surface area contributed by atoms with Crippen molar-refractivity contribution in [1.82, 2.24) is 9.78 Å². The van der Waals surface area contributed by atoms with Gasteiger partial charge in [0.2, 0.25) is 0 Å². The molecule has 112 valence electrons. The monoisotopic (exact) mass is 286 g/mol. The third kappa shape index (κ3) is 2.99. The fourth-order valence-corrected chi connectivity index (χ4v) is 2.51. The highest BCUT2D eigenvalue weighted by molar-refractivity contribution is 5.80. The summed E-state index contributed by atoms with van der Waals surface area (Å²) < 4.78 is 7.12. The van der Waals surface area contributed by atoms with E-state index in [0.29, 0.717) is 0 Å². The van der Waals surface area contributed by atoms with Gasteiger partial charge in [-0.3, -0.25) is 4.79 Å². The molecule has 4 nitrogen and oxygen atoms in total. The molecule has 0 radical (unpaired) electrons. The summed E-state index contributed by atoms with van der Waals surface area (Å²) in [4.78, 5) is 12.3. The molecule has 0 aliphatic heterocycles. The fraction of sp³-hybridized carbons (Fsp3) is 0.412. The Balaban J connectivity index is 2.14. The number of aryl methyl sites for hydroxylation is 2. The predicted octanol–water partition coefficient (Wildman–Crippen LogP) is 3.40. The van der Waals surface area contributed by atoms with Crippen molar-refractivity contribution in [2.45, 2.75) is 41.0 Å². The van der Waals surface area contributed by atoms with E-state index in [9.17, 15) is 4.79 Å². The van der Waals surface area contributed by atoms with Gasteiger partial charge in [-0.25, -0.2) is 4.68 Å². The molecule has 2 aromatic rings. The first-order valence-corrected chi connectivity index (χ1v) is 7.23. The molecule has 2 rings (SSSR count). The number of rotatable bonds is 4. The van der Waals surface area contributed by atoms with Gasteiger partial charge in [-0.1, -0.05) is 19.1 Å². The van der Waals surface area contributed by atoms with Gasteiger partial charge in [-0.05, 0) is 56.9 Å². The lowest BCUT2D eigenvalue weighted by atomic mass is 10.1. The summed E-state index contributed by atoms with van der Waals surface area (Å²) in [6, 6.07) is 5.84. The number of ether oxygens (including phenoxy) is 1. The molecule has 0 aliphatic carbocycles. The van der Waals surface area contributed by atoms with E-state index in [1.54, 1.807) is 0 Å². The molecular formula is C17H22N2O2. The normalized spacial score (nSPS) is 10.7. The van der Waals surface area contributed by atoms with Crippen molar-refractivity contribution in [1.29, 1.82) is 0 Å². The van der Waals surface area contributed by atoms with E-state index in [1.807, 2.05) is 45.9 Å². The lowest BCUT2D eigenvalue weighted by Crippen LogP contribution is -2.22. The summed E-state index contributed by atoms with van der Waals surface area (Å²) in [6.07, 6.45) is 0.878. The number of carbonyl (C=O) groups excluding carboxylic acids is 1. The summed E-state index contributed by atoms with van der Waals surface area (Å²) >= 11 is 0. The predicted molar refractivity (Wildman–Crippen MR) is 83.1 cm³/mol. The molecule has 0 bridgehead atoms. The maximum absolute atomic E-state index is 12.3. The second kappa shape index (κ2) is 6.12. The highest BCUT2D eigenvalue weighted by Gasteiger charge is 2.16. The van der Waals surface area contributed by atoms with E-state index >= 15 is 0 Å².